The minimum absolute atomic E-state index is 0. The Hall–Kier alpha value is -2.17. The third-order valence-electron chi connectivity index (χ3n) is 4.53. The molecule has 3 heterocycles. The van der Waals surface area contributed by atoms with Gasteiger partial charge in [0.25, 0.3) is 0 Å². The molecule has 28 heavy (non-hydrogen) atoms. The SMILES string of the molecule is CN(CC(=O)N1CCCC(C(=O)NCCN)C1)c1ncnc2nc[nH]c12.Cl.Cl. The molecule has 12 heteroatoms. The molecular formula is C16H26Cl2N8O2. The number of likely N-dealkylation sites (tertiary alicyclic amines) is 1. The standard InChI is InChI=1S/C16H24N8O2.2ClH/c1-23(15-13-14(20-9-19-13)21-10-22-15)8-12(25)24-6-2-3-11(7-24)16(26)18-5-4-17;;/h9-11H,2-8,17H2,1H3,(H,18,26)(H,19,20,21,22);2*1H. The van der Waals surface area contributed by atoms with Gasteiger partial charge in [0.1, 0.15) is 11.8 Å². The maximum absolute atomic E-state index is 12.7. The van der Waals surface area contributed by atoms with E-state index in [2.05, 4.69) is 25.3 Å². The minimum atomic E-state index is -0.178. The lowest BCUT2D eigenvalue weighted by Crippen LogP contribution is -2.48. The molecule has 3 rings (SSSR count). The second kappa shape index (κ2) is 11.0. The highest BCUT2D eigenvalue weighted by Crippen LogP contribution is 2.20. The van der Waals surface area contributed by atoms with Crippen molar-refractivity contribution in [3.63, 3.8) is 0 Å². The normalized spacial score (nSPS) is 16.1. The van der Waals surface area contributed by atoms with Crippen molar-refractivity contribution in [3.05, 3.63) is 12.7 Å². The van der Waals surface area contributed by atoms with Crippen LogP contribution >= 0.6 is 24.8 Å². The highest BCUT2D eigenvalue weighted by Gasteiger charge is 2.28. The summed E-state index contributed by atoms with van der Waals surface area (Å²) in [6.07, 6.45) is 4.58. The molecule has 0 aromatic carbocycles. The van der Waals surface area contributed by atoms with Crippen molar-refractivity contribution in [2.45, 2.75) is 12.8 Å². The lowest BCUT2D eigenvalue weighted by molar-refractivity contribution is -0.134. The van der Waals surface area contributed by atoms with Gasteiger partial charge in [0.05, 0.1) is 18.8 Å². The Labute approximate surface area is 175 Å². The number of aromatic nitrogens is 4. The Morgan fingerprint density at radius 2 is 2.14 bits per heavy atom. The molecule has 1 aliphatic rings. The molecule has 1 aliphatic heterocycles. The third-order valence-corrected chi connectivity index (χ3v) is 4.53. The van der Waals surface area contributed by atoms with E-state index in [-0.39, 0.29) is 49.1 Å². The summed E-state index contributed by atoms with van der Waals surface area (Å²) in [5, 5.41) is 2.80. The summed E-state index contributed by atoms with van der Waals surface area (Å²) in [6, 6.07) is 0. The average molecular weight is 433 g/mol. The molecule has 10 nitrogen and oxygen atoms in total. The summed E-state index contributed by atoms with van der Waals surface area (Å²) in [7, 11) is 1.80. The molecule has 2 amide bonds. The van der Waals surface area contributed by atoms with Crippen molar-refractivity contribution in [1.29, 1.82) is 0 Å². The summed E-state index contributed by atoms with van der Waals surface area (Å²) in [6.45, 7) is 2.14. The van der Waals surface area contributed by atoms with Crippen LogP contribution in [0, 0.1) is 5.92 Å². The summed E-state index contributed by atoms with van der Waals surface area (Å²) >= 11 is 0. The van der Waals surface area contributed by atoms with Crippen molar-refractivity contribution in [2.24, 2.45) is 11.7 Å². The van der Waals surface area contributed by atoms with Crippen LogP contribution < -0.4 is 16.0 Å². The molecule has 0 spiro atoms. The van der Waals surface area contributed by atoms with Gasteiger partial charge in [0, 0.05) is 33.2 Å². The zero-order valence-corrected chi connectivity index (χ0v) is 17.3. The van der Waals surface area contributed by atoms with E-state index in [1.54, 1.807) is 23.2 Å². The number of nitrogens with zero attached hydrogens (tertiary/aromatic N) is 5. The summed E-state index contributed by atoms with van der Waals surface area (Å²) < 4.78 is 0. The lowest BCUT2D eigenvalue weighted by Gasteiger charge is -2.33. The number of H-pyrrole nitrogens is 1. The van der Waals surface area contributed by atoms with Crippen LogP contribution in [0.15, 0.2) is 12.7 Å². The van der Waals surface area contributed by atoms with Gasteiger partial charge < -0.3 is 25.8 Å². The monoisotopic (exact) mass is 432 g/mol. The first-order chi connectivity index (χ1) is 12.6. The highest BCUT2D eigenvalue weighted by molar-refractivity contribution is 5.87. The second-order valence-electron chi connectivity index (χ2n) is 6.41. The Kier molecular flexibility index (Phi) is 9.36. The maximum atomic E-state index is 12.7. The molecular weight excluding hydrogens is 407 g/mol. The van der Waals surface area contributed by atoms with Gasteiger partial charge in [-0.2, -0.15) is 0 Å². The van der Waals surface area contributed by atoms with Gasteiger partial charge in [-0.25, -0.2) is 15.0 Å². The third kappa shape index (κ3) is 5.43. The Balaban J connectivity index is 0.00000196. The van der Waals surface area contributed by atoms with Gasteiger partial charge in [-0.15, -0.1) is 24.8 Å². The van der Waals surface area contributed by atoms with E-state index in [9.17, 15) is 9.59 Å². The fourth-order valence-corrected chi connectivity index (χ4v) is 3.18. The van der Waals surface area contributed by atoms with E-state index in [1.165, 1.54) is 6.33 Å². The van der Waals surface area contributed by atoms with E-state index in [1.807, 2.05) is 0 Å². The van der Waals surface area contributed by atoms with E-state index >= 15 is 0 Å². The summed E-state index contributed by atoms with van der Waals surface area (Å²) in [4.78, 5) is 43.8. The second-order valence-corrected chi connectivity index (χ2v) is 6.41. The van der Waals surface area contributed by atoms with Crippen LogP contribution in [-0.2, 0) is 9.59 Å². The van der Waals surface area contributed by atoms with Gasteiger partial charge in [-0.05, 0) is 12.8 Å². The minimum Gasteiger partial charge on any atom is -0.355 e. The van der Waals surface area contributed by atoms with Gasteiger partial charge >= 0.3 is 0 Å². The van der Waals surface area contributed by atoms with Crippen molar-refractivity contribution in [1.82, 2.24) is 30.2 Å². The number of piperidine rings is 1. The summed E-state index contributed by atoms with van der Waals surface area (Å²) in [5.74, 6) is 0.379. The quantitative estimate of drug-likeness (QED) is 0.582. The predicted octanol–water partition coefficient (Wildman–Crippen LogP) is -0.0538. The molecule has 0 bridgehead atoms. The fourth-order valence-electron chi connectivity index (χ4n) is 3.18. The molecule has 2 aromatic rings. The Bertz CT molecular complexity index is 787. The number of anilines is 1. The van der Waals surface area contributed by atoms with Crippen LogP contribution in [0.4, 0.5) is 5.82 Å². The molecule has 156 valence electrons. The molecule has 1 saturated heterocycles. The number of fused-ring (bicyclic) bond motifs is 1. The maximum Gasteiger partial charge on any atom is 0.242 e. The molecule has 4 N–H and O–H groups in total. The van der Waals surface area contributed by atoms with Crippen LogP contribution in [0.1, 0.15) is 12.8 Å². The van der Waals surface area contributed by atoms with Crippen molar-refractivity contribution in [2.75, 3.05) is 44.7 Å². The predicted molar refractivity (Wildman–Crippen MR) is 111 cm³/mol. The summed E-state index contributed by atoms with van der Waals surface area (Å²) in [5.41, 5.74) is 6.68. The molecule has 1 atom stereocenters. The van der Waals surface area contributed by atoms with E-state index < -0.39 is 0 Å². The van der Waals surface area contributed by atoms with Crippen LogP contribution in [0.3, 0.4) is 0 Å². The van der Waals surface area contributed by atoms with E-state index in [4.69, 9.17) is 5.73 Å². The van der Waals surface area contributed by atoms with Gasteiger partial charge in [0.15, 0.2) is 11.5 Å². The van der Waals surface area contributed by atoms with Gasteiger partial charge in [0.2, 0.25) is 11.8 Å². The van der Waals surface area contributed by atoms with Crippen molar-refractivity contribution in [3.8, 4) is 0 Å². The van der Waals surface area contributed by atoms with Crippen molar-refractivity contribution >= 4 is 53.6 Å². The number of hydrogen-bond acceptors (Lipinski definition) is 7. The molecule has 0 radical (unpaired) electrons. The number of halogens is 2. The Morgan fingerprint density at radius 1 is 1.36 bits per heavy atom. The first kappa shape index (κ1) is 23.9. The zero-order chi connectivity index (χ0) is 18.5. The average Bonchev–Trinajstić information content (AvgIpc) is 3.14. The van der Waals surface area contributed by atoms with Crippen LogP contribution in [-0.4, -0.2) is 76.4 Å². The number of hydrogen-bond donors (Lipinski definition) is 3. The number of nitrogens with two attached hydrogens (primary N) is 1. The number of rotatable bonds is 6. The first-order valence-electron chi connectivity index (χ1n) is 8.71. The number of nitrogens with one attached hydrogen (secondary N) is 2. The fraction of sp³-hybridized carbons (Fsp3) is 0.562. The topological polar surface area (TPSA) is 133 Å². The van der Waals surface area contributed by atoms with Crippen LogP contribution in [0.2, 0.25) is 0 Å². The van der Waals surface area contributed by atoms with Gasteiger partial charge in [-0.3, -0.25) is 9.59 Å². The number of carbonyl (C=O) groups excluding carboxylic acids is 2. The molecule has 2 aromatic heterocycles. The molecule has 0 aliphatic carbocycles. The van der Waals surface area contributed by atoms with Crippen LogP contribution in [0.25, 0.3) is 11.2 Å². The highest BCUT2D eigenvalue weighted by atomic mass is 35.5. The van der Waals surface area contributed by atoms with E-state index in [0.717, 1.165) is 12.8 Å². The lowest BCUT2D eigenvalue weighted by atomic mass is 9.97. The number of carbonyl (C=O) groups is 2. The Morgan fingerprint density at radius 3 is 2.89 bits per heavy atom. The number of imidazole rings is 1. The number of likely N-dealkylation sites (N-methyl/N-ethyl adjacent to an activating group) is 1. The largest absolute Gasteiger partial charge is 0.355 e. The molecule has 0 saturated carbocycles. The number of amides is 2. The molecule has 1 fully saturated rings. The first-order valence-corrected chi connectivity index (χ1v) is 8.71. The van der Waals surface area contributed by atoms with Crippen molar-refractivity contribution < 1.29 is 9.59 Å². The molecule has 1 unspecified atom stereocenters. The van der Waals surface area contributed by atoms with Crippen LogP contribution in [0.5, 0.6) is 0 Å². The zero-order valence-electron chi connectivity index (χ0n) is 15.6. The van der Waals surface area contributed by atoms with E-state index in [0.29, 0.717) is 43.2 Å². The van der Waals surface area contributed by atoms with Gasteiger partial charge in [-0.1, -0.05) is 0 Å². The number of aromatic amines is 1. The smallest absolute Gasteiger partial charge is 0.242 e.